The van der Waals surface area contributed by atoms with E-state index in [1.54, 1.807) is 11.7 Å². The molecule has 172 valence electrons. The average molecular weight is 468 g/mol. The molecule has 1 atom stereocenters. The van der Waals surface area contributed by atoms with Crippen molar-refractivity contribution in [3.05, 3.63) is 40.4 Å². The Hall–Kier alpha value is -3.03. The fourth-order valence-corrected chi connectivity index (χ4v) is 4.12. The zero-order valence-electron chi connectivity index (χ0n) is 17.1. The number of amides is 3. The van der Waals surface area contributed by atoms with Gasteiger partial charge in [-0.2, -0.15) is 0 Å². The van der Waals surface area contributed by atoms with E-state index in [0.717, 1.165) is 21.9 Å². The Morgan fingerprint density at radius 2 is 2.09 bits per heavy atom. The Labute approximate surface area is 186 Å². The van der Waals surface area contributed by atoms with Crippen LogP contribution in [0.3, 0.4) is 0 Å². The van der Waals surface area contributed by atoms with Gasteiger partial charge in [0.1, 0.15) is 11.8 Å². The lowest BCUT2D eigenvalue weighted by atomic mass is 10.2. The maximum Gasteiger partial charge on any atom is 0.414 e. The number of rotatable bonds is 5. The van der Waals surface area contributed by atoms with Crippen molar-refractivity contribution in [2.45, 2.75) is 12.6 Å². The lowest BCUT2D eigenvalue weighted by Crippen LogP contribution is -2.48. The summed E-state index contributed by atoms with van der Waals surface area (Å²) < 4.78 is 34.9. The number of aromatic nitrogens is 1. The summed E-state index contributed by atoms with van der Waals surface area (Å²) in [5, 5.41) is 4.17. The Balaban J connectivity index is 1.41. The highest BCUT2D eigenvalue weighted by atomic mass is 32.1. The van der Waals surface area contributed by atoms with Gasteiger partial charge in [0.05, 0.1) is 30.8 Å². The van der Waals surface area contributed by atoms with E-state index in [-0.39, 0.29) is 50.1 Å². The van der Waals surface area contributed by atoms with Crippen molar-refractivity contribution in [1.82, 2.24) is 20.7 Å². The number of carbonyl (C=O) groups is 2. The second-order valence-corrected chi connectivity index (χ2v) is 8.25. The number of anilines is 2. The number of nitrogens with two attached hydrogens (primary N) is 1. The van der Waals surface area contributed by atoms with Gasteiger partial charge in [0.15, 0.2) is 11.6 Å². The van der Waals surface area contributed by atoms with Crippen molar-refractivity contribution >= 4 is 34.8 Å². The van der Waals surface area contributed by atoms with Crippen LogP contribution in [-0.2, 0) is 11.3 Å². The van der Waals surface area contributed by atoms with E-state index >= 15 is 0 Å². The molecule has 2 fully saturated rings. The molecule has 1 aromatic heterocycles. The third kappa shape index (κ3) is 4.74. The molecule has 4 N–H and O–H groups in total. The van der Waals surface area contributed by atoms with Gasteiger partial charge in [-0.25, -0.2) is 23.8 Å². The smallest absolute Gasteiger partial charge is 0.414 e. The molecular formula is C19H23F2N7O3S. The Morgan fingerprint density at radius 1 is 1.31 bits per heavy atom. The minimum absolute atomic E-state index is 0.0710. The van der Waals surface area contributed by atoms with Crippen molar-refractivity contribution < 1.29 is 23.1 Å². The monoisotopic (exact) mass is 467 g/mol. The van der Waals surface area contributed by atoms with Crippen molar-refractivity contribution in [1.29, 1.82) is 0 Å². The number of hydrazine groups is 1. The number of urea groups is 1. The molecule has 3 amide bonds. The van der Waals surface area contributed by atoms with Crippen LogP contribution >= 0.6 is 11.3 Å². The Kier molecular flexibility index (Phi) is 6.67. The van der Waals surface area contributed by atoms with Gasteiger partial charge >= 0.3 is 12.1 Å². The number of thiazole rings is 1. The van der Waals surface area contributed by atoms with Crippen molar-refractivity contribution in [2.24, 2.45) is 5.73 Å². The minimum atomic E-state index is -0.799. The SMILES string of the molecule is NC[C@H]1CN(c2cc(F)c(N3CCNN(C(=O)NCc4cncs4)CC3)c(F)c2)C(=O)O1. The van der Waals surface area contributed by atoms with E-state index in [9.17, 15) is 18.4 Å². The molecule has 2 aromatic rings. The first-order valence-electron chi connectivity index (χ1n) is 10.0. The van der Waals surface area contributed by atoms with Gasteiger partial charge in [0.2, 0.25) is 0 Å². The average Bonchev–Trinajstić information content (AvgIpc) is 3.35. The maximum atomic E-state index is 14.9. The van der Waals surface area contributed by atoms with Crippen LogP contribution in [-0.4, -0.2) is 67.5 Å². The Bertz CT molecular complexity index is 955. The fourth-order valence-electron chi connectivity index (χ4n) is 3.58. The van der Waals surface area contributed by atoms with E-state index < -0.39 is 23.8 Å². The summed E-state index contributed by atoms with van der Waals surface area (Å²) >= 11 is 1.43. The third-order valence-corrected chi connectivity index (χ3v) is 5.97. The van der Waals surface area contributed by atoms with Crippen LogP contribution in [0.2, 0.25) is 0 Å². The van der Waals surface area contributed by atoms with Crippen LogP contribution in [0.5, 0.6) is 0 Å². The van der Waals surface area contributed by atoms with E-state index in [1.165, 1.54) is 21.2 Å². The van der Waals surface area contributed by atoms with Gasteiger partial charge in [-0.1, -0.05) is 0 Å². The van der Waals surface area contributed by atoms with Crippen LogP contribution in [0.1, 0.15) is 4.88 Å². The summed E-state index contributed by atoms with van der Waals surface area (Å²) in [7, 11) is 0. The number of ether oxygens (including phenoxy) is 1. The molecule has 32 heavy (non-hydrogen) atoms. The lowest BCUT2D eigenvalue weighted by molar-refractivity contribution is 0.145. The van der Waals surface area contributed by atoms with Gasteiger partial charge in [-0.3, -0.25) is 14.9 Å². The van der Waals surface area contributed by atoms with E-state index in [0.29, 0.717) is 13.1 Å². The first-order chi connectivity index (χ1) is 15.5. The molecule has 0 bridgehead atoms. The number of nitrogens with one attached hydrogen (secondary N) is 2. The fraction of sp³-hybridized carbons (Fsp3) is 0.421. The highest BCUT2D eigenvalue weighted by molar-refractivity contribution is 7.09. The molecule has 2 aliphatic heterocycles. The number of nitrogens with zero attached hydrogens (tertiary/aromatic N) is 4. The third-order valence-electron chi connectivity index (χ3n) is 5.19. The summed E-state index contributed by atoms with van der Waals surface area (Å²) in [4.78, 5) is 31.9. The first-order valence-corrected chi connectivity index (χ1v) is 10.9. The number of carbonyl (C=O) groups excluding carboxylic acids is 2. The highest BCUT2D eigenvalue weighted by Crippen LogP contribution is 2.31. The molecule has 3 heterocycles. The second kappa shape index (κ2) is 9.63. The number of cyclic esters (lactones) is 1. The van der Waals surface area contributed by atoms with Crippen LogP contribution in [0.4, 0.5) is 29.7 Å². The van der Waals surface area contributed by atoms with Crippen molar-refractivity contribution in [2.75, 3.05) is 49.1 Å². The molecule has 0 spiro atoms. The molecule has 0 unspecified atom stereocenters. The van der Waals surface area contributed by atoms with Gasteiger partial charge in [-0.05, 0) is 0 Å². The standard InChI is InChI=1S/C19H23F2N7O3S/c20-15-5-12(27-10-13(7-22)31-19(27)30)6-16(21)17(15)26-2-1-25-28(4-3-26)18(29)24-9-14-8-23-11-32-14/h5-6,8,11,13,25H,1-4,7,9-10,22H2,(H,24,29)/t13-/m0/s1. The zero-order chi connectivity index (χ0) is 22.7. The Morgan fingerprint density at radius 3 is 2.75 bits per heavy atom. The van der Waals surface area contributed by atoms with Crippen LogP contribution < -0.4 is 26.3 Å². The van der Waals surface area contributed by atoms with Gasteiger partial charge < -0.3 is 20.7 Å². The molecule has 2 saturated heterocycles. The number of hydrogen-bond donors (Lipinski definition) is 3. The van der Waals surface area contributed by atoms with E-state index in [1.807, 2.05) is 0 Å². The summed E-state index contributed by atoms with van der Waals surface area (Å²) in [6.45, 7) is 1.63. The van der Waals surface area contributed by atoms with Crippen LogP contribution in [0, 0.1) is 11.6 Å². The van der Waals surface area contributed by atoms with Crippen molar-refractivity contribution in [3.8, 4) is 0 Å². The largest absolute Gasteiger partial charge is 0.443 e. The van der Waals surface area contributed by atoms with E-state index in [2.05, 4.69) is 15.7 Å². The quantitative estimate of drug-likeness (QED) is 0.606. The zero-order valence-corrected chi connectivity index (χ0v) is 17.9. The normalized spacial score (nSPS) is 19.2. The highest BCUT2D eigenvalue weighted by Gasteiger charge is 2.33. The topological polar surface area (TPSA) is 116 Å². The van der Waals surface area contributed by atoms with E-state index in [4.69, 9.17) is 10.5 Å². The van der Waals surface area contributed by atoms with Gasteiger partial charge in [0, 0.05) is 49.4 Å². The second-order valence-electron chi connectivity index (χ2n) is 7.28. The number of halogens is 2. The predicted octanol–water partition coefficient (Wildman–Crippen LogP) is 1.24. The van der Waals surface area contributed by atoms with Crippen LogP contribution in [0.25, 0.3) is 0 Å². The first kappa shape index (κ1) is 22.2. The van der Waals surface area contributed by atoms with Crippen LogP contribution in [0.15, 0.2) is 23.8 Å². The lowest BCUT2D eigenvalue weighted by Gasteiger charge is -2.25. The maximum absolute atomic E-state index is 14.9. The molecule has 10 nitrogen and oxygen atoms in total. The molecule has 2 aliphatic rings. The summed E-state index contributed by atoms with van der Waals surface area (Å²) in [6.07, 6.45) is 0.472. The number of benzene rings is 1. The minimum Gasteiger partial charge on any atom is -0.443 e. The number of hydrogen-bond acceptors (Lipinski definition) is 8. The predicted molar refractivity (Wildman–Crippen MR) is 114 cm³/mol. The summed E-state index contributed by atoms with van der Waals surface area (Å²) in [5.74, 6) is -1.60. The van der Waals surface area contributed by atoms with Gasteiger partial charge in [-0.15, -0.1) is 11.3 Å². The molecule has 4 rings (SSSR count). The molecule has 0 aliphatic carbocycles. The molecule has 1 aromatic carbocycles. The molecule has 13 heteroatoms. The summed E-state index contributed by atoms with van der Waals surface area (Å²) in [5.41, 5.74) is 10.0. The molecule has 0 radical (unpaired) electrons. The van der Waals surface area contributed by atoms with Crippen molar-refractivity contribution in [3.63, 3.8) is 0 Å². The van der Waals surface area contributed by atoms with Gasteiger partial charge in [0.25, 0.3) is 0 Å². The summed E-state index contributed by atoms with van der Waals surface area (Å²) in [6, 6.07) is 1.88. The molecule has 0 saturated carbocycles. The molecular weight excluding hydrogens is 444 g/mol.